The lowest BCUT2D eigenvalue weighted by atomic mass is 10.2. The number of morpholine rings is 1. The molecule has 1 fully saturated rings. The van der Waals surface area contributed by atoms with Crippen LogP contribution in [0.5, 0.6) is 5.75 Å². The molecule has 0 amide bonds. The molecule has 0 unspecified atom stereocenters. The van der Waals surface area contributed by atoms with Gasteiger partial charge in [-0.25, -0.2) is 0 Å². The number of nitrogens with zero attached hydrogens (tertiary/aromatic N) is 1. The van der Waals surface area contributed by atoms with E-state index in [9.17, 15) is 0 Å². The van der Waals surface area contributed by atoms with Gasteiger partial charge in [-0.3, -0.25) is 0 Å². The molecule has 0 aliphatic carbocycles. The minimum atomic E-state index is 0.368. The predicted molar refractivity (Wildman–Crippen MR) is 61.2 cm³/mol. The van der Waals surface area contributed by atoms with E-state index in [2.05, 4.69) is 11.9 Å². The monoisotopic (exact) mass is 209 g/mol. The molecule has 1 aliphatic heterocycles. The number of phenolic OH excluding ortho intramolecular Hbond substituents is 1. The van der Waals surface area contributed by atoms with Gasteiger partial charge in [0.25, 0.3) is 0 Å². The second-order valence-electron chi connectivity index (χ2n) is 3.70. The van der Waals surface area contributed by atoms with Crippen LogP contribution >= 0.6 is 0 Å². The predicted octanol–water partition coefficient (Wildman–Crippen LogP) is 1.65. The van der Waals surface area contributed by atoms with Crippen molar-refractivity contribution in [1.29, 1.82) is 0 Å². The third-order valence-electron chi connectivity index (χ3n) is 2.35. The Balaban J connectivity index is 0.000000151. The third-order valence-corrected chi connectivity index (χ3v) is 2.35. The van der Waals surface area contributed by atoms with Crippen LogP contribution < -0.4 is 0 Å². The molecule has 3 nitrogen and oxygen atoms in total. The number of aromatic hydroxyl groups is 1. The third kappa shape index (κ3) is 4.81. The lowest BCUT2D eigenvalue weighted by Crippen LogP contribution is -2.32. The van der Waals surface area contributed by atoms with E-state index in [1.165, 1.54) is 0 Å². The highest BCUT2D eigenvalue weighted by atomic mass is 16.5. The van der Waals surface area contributed by atoms with Crippen LogP contribution in [0.2, 0.25) is 0 Å². The first-order valence-electron chi connectivity index (χ1n) is 5.21. The zero-order valence-corrected chi connectivity index (χ0v) is 9.44. The summed E-state index contributed by atoms with van der Waals surface area (Å²) in [5.74, 6) is 0.368. The van der Waals surface area contributed by atoms with E-state index in [4.69, 9.17) is 9.84 Å². The number of rotatable bonds is 0. The van der Waals surface area contributed by atoms with Crippen molar-refractivity contribution in [3.8, 4) is 5.75 Å². The molecule has 1 aromatic rings. The van der Waals surface area contributed by atoms with Crippen LogP contribution in [0.1, 0.15) is 5.56 Å². The van der Waals surface area contributed by atoms with E-state index >= 15 is 0 Å². The Morgan fingerprint density at radius 1 is 1.20 bits per heavy atom. The quantitative estimate of drug-likeness (QED) is 0.705. The van der Waals surface area contributed by atoms with Crippen molar-refractivity contribution >= 4 is 0 Å². The Kier molecular flexibility index (Phi) is 5.15. The van der Waals surface area contributed by atoms with Crippen molar-refractivity contribution in [3.05, 3.63) is 29.8 Å². The summed E-state index contributed by atoms with van der Waals surface area (Å²) in [6, 6.07) is 7.25. The van der Waals surface area contributed by atoms with Gasteiger partial charge < -0.3 is 14.7 Å². The van der Waals surface area contributed by atoms with E-state index in [0.717, 1.165) is 31.9 Å². The Bertz CT molecular complexity index is 262. The average Bonchev–Trinajstić information content (AvgIpc) is 2.25. The fourth-order valence-corrected chi connectivity index (χ4v) is 1.22. The summed E-state index contributed by atoms with van der Waals surface area (Å²) >= 11 is 0. The normalized spacial score (nSPS) is 16.7. The fourth-order valence-electron chi connectivity index (χ4n) is 1.22. The Hall–Kier alpha value is -1.06. The zero-order valence-electron chi connectivity index (χ0n) is 9.44. The van der Waals surface area contributed by atoms with Gasteiger partial charge in [-0.1, -0.05) is 18.2 Å². The second-order valence-corrected chi connectivity index (χ2v) is 3.70. The molecule has 0 radical (unpaired) electrons. The van der Waals surface area contributed by atoms with Crippen molar-refractivity contribution in [2.24, 2.45) is 0 Å². The minimum absolute atomic E-state index is 0.368. The summed E-state index contributed by atoms with van der Waals surface area (Å²) in [5.41, 5.74) is 0.924. The van der Waals surface area contributed by atoms with Gasteiger partial charge in [-0.2, -0.15) is 0 Å². The number of aryl methyl sites for hydroxylation is 1. The summed E-state index contributed by atoms with van der Waals surface area (Å²) in [6.07, 6.45) is 0. The number of para-hydroxylation sites is 1. The van der Waals surface area contributed by atoms with Gasteiger partial charge in [-0.15, -0.1) is 0 Å². The molecule has 1 heterocycles. The Labute approximate surface area is 91.3 Å². The van der Waals surface area contributed by atoms with Crippen LogP contribution in [0, 0.1) is 6.92 Å². The first kappa shape index (κ1) is 12.0. The maximum atomic E-state index is 8.92. The number of hydrogen-bond acceptors (Lipinski definition) is 3. The Morgan fingerprint density at radius 3 is 2.13 bits per heavy atom. The van der Waals surface area contributed by atoms with E-state index in [1.54, 1.807) is 6.07 Å². The molecule has 0 aromatic heterocycles. The topological polar surface area (TPSA) is 32.7 Å². The molecule has 2 rings (SSSR count). The molecule has 84 valence electrons. The van der Waals surface area contributed by atoms with Crippen LogP contribution in [0.3, 0.4) is 0 Å². The highest BCUT2D eigenvalue weighted by Gasteiger charge is 2.02. The number of phenols is 1. The van der Waals surface area contributed by atoms with Gasteiger partial charge in [0.15, 0.2) is 0 Å². The smallest absolute Gasteiger partial charge is 0.118 e. The number of benzene rings is 1. The molecule has 0 bridgehead atoms. The number of hydrogen-bond donors (Lipinski definition) is 1. The summed E-state index contributed by atoms with van der Waals surface area (Å²) in [6.45, 7) is 5.89. The van der Waals surface area contributed by atoms with E-state index in [-0.39, 0.29) is 0 Å². The molecule has 15 heavy (non-hydrogen) atoms. The van der Waals surface area contributed by atoms with Crippen molar-refractivity contribution in [2.45, 2.75) is 6.92 Å². The first-order valence-corrected chi connectivity index (χ1v) is 5.21. The fraction of sp³-hybridized carbons (Fsp3) is 0.500. The Morgan fingerprint density at radius 2 is 1.80 bits per heavy atom. The van der Waals surface area contributed by atoms with Gasteiger partial charge in [0.1, 0.15) is 5.75 Å². The maximum absolute atomic E-state index is 8.92. The summed E-state index contributed by atoms with van der Waals surface area (Å²) in [5, 5.41) is 8.92. The van der Waals surface area contributed by atoms with Crippen LogP contribution in [0.25, 0.3) is 0 Å². The molecular weight excluding hydrogens is 190 g/mol. The SMILES string of the molecule is CN1CCOCC1.Cc1ccccc1O. The van der Waals surface area contributed by atoms with Crippen molar-refractivity contribution in [2.75, 3.05) is 33.4 Å². The van der Waals surface area contributed by atoms with Gasteiger partial charge >= 0.3 is 0 Å². The van der Waals surface area contributed by atoms with Crippen molar-refractivity contribution < 1.29 is 9.84 Å². The largest absolute Gasteiger partial charge is 0.508 e. The van der Waals surface area contributed by atoms with E-state index in [0.29, 0.717) is 5.75 Å². The summed E-state index contributed by atoms with van der Waals surface area (Å²) < 4.78 is 5.10. The standard InChI is InChI=1S/C7H8O.C5H11NO/c1-6-4-2-3-5-7(6)8;1-6-2-4-7-5-3-6/h2-5,8H,1H3;2-5H2,1H3. The molecule has 1 aliphatic rings. The lowest BCUT2D eigenvalue weighted by molar-refractivity contribution is 0.0503. The van der Waals surface area contributed by atoms with E-state index in [1.807, 2.05) is 25.1 Å². The minimum Gasteiger partial charge on any atom is -0.508 e. The summed E-state index contributed by atoms with van der Waals surface area (Å²) in [4.78, 5) is 2.27. The van der Waals surface area contributed by atoms with Gasteiger partial charge in [-0.05, 0) is 25.6 Å². The van der Waals surface area contributed by atoms with Crippen molar-refractivity contribution in [1.82, 2.24) is 4.90 Å². The molecule has 1 saturated heterocycles. The zero-order chi connectivity index (χ0) is 11.1. The van der Waals surface area contributed by atoms with Gasteiger partial charge in [0.2, 0.25) is 0 Å². The highest BCUT2D eigenvalue weighted by molar-refractivity contribution is 5.29. The van der Waals surface area contributed by atoms with Crippen LogP contribution in [-0.2, 0) is 4.74 Å². The lowest BCUT2D eigenvalue weighted by Gasteiger charge is -2.21. The first-order chi connectivity index (χ1) is 7.20. The van der Waals surface area contributed by atoms with Crippen LogP contribution in [0.15, 0.2) is 24.3 Å². The van der Waals surface area contributed by atoms with Gasteiger partial charge in [0, 0.05) is 13.1 Å². The van der Waals surface area contributed by atoms with Gasteiger partial charge in [0.05, 0.1) is 13.2 Å². The van der Waals surface area contributed by atoms with E-state index < -0.39 is 0 Å². The average molecular weight is 209 g/mol. The maximum Gasteiger partial charge on any atom is 0.118 e. The molecule has 0 spiro atoms. The molecule has 3 heteroatoms. The van der Waals surface area contributed by atoms with Crippen LogP contribution in [-0.4, -0.2) is 43.4 Å². The molecule has 0 saturated carbocycles. The molecular formula is C12H19NO2. The molecule has 1 N–H and O–H groups in total. The highest BCUT2D eigenvalue weighted by Crippen LogP contribution is 2.12. The van der Waals surface area contributed by atoms with Crippen molar-refractivity contribution in [3.63, 3.8) is 0 Å². The summed E-state index contributed by atoms with van der Waals surface area (Å²) in [7, 11) is 2.11. The van der Waals surface area contributed by atoms with Crippen LogP contribution in [0.4, 0.5) is 0 Å². The second kappa shape index (κ2) is 6.43. The molecule has 1 aromatic carbocycles. The molecule has 0 atom stereocenters. The number of ether oxygens (including phenoxy) is 1. The number of likely N-dealkylation sites (N-methyl/N-ethyl adjacent to an activating group) is 1.